The molecule has 174 valence electrons. The Balaban J connectivity index is 1.58. The molecule has 6 nitrogen and oxygen atoms in total. The first kappa shape index (κ1) is 22.0. The molecule has 2 heterocycles. The molecule has 3 atom stereocenters. The van der Waals surface area contributed by atoms with Crippen molar-refractivity contribution >= 4 is 23.2 Å². The first-order chi connectivity index (χ1) is 16.3. The SMILES string of the molecule is COc1cccc([C@H]2[C@@H]3C(=O)N(c4cccc(C(F)(F)F)c4)C(=O)[C@H]3ON2c2ccccc2)c1. The predicted molar refractivity (Wildman–Crippen MR) is 117 cm³/mol. The number of rotatable bonds is 4. The van der Waals surface area contributed by atoms with E-state index in [1.165, 1.54) is 24.3 Å². The molecule has 9 heteroatoms. The third-order valence-electron chi connectivity index (χ3n) is 5.99. The summed E-state index contributed by atoms with van der Waals surface area (Å²) in [5.74, 6) is -1.74. The summed E-state index contributed by atoms with van der Waals surface area (Å²) in [5, 5.41) is 1.52. The number of methoxy groups -OCH3 is 1. The zero-order chi connectivity index (χ0) is 24.0. The highest BCUT2D eigenvalue weighted by Crippen LogP contribution is 2.48. The van der Waals surface area contributed by atoms with E-state index in [0.29, 0.717) is 17.0 Å². The molecule has 0 aliphatic carbocycles. The molecule has 2 saturated heterocycles. The lowest BCUT2D eigenvalue weighted by molar-refractivity contribution is -0.137. The lowest BCUT2D eigenvalue weighted by Crippen LogP contribution is -2.37. The Kier molecular flexibility index (Phi) is 5.28. The maximum absolute atomic E-state index is 13.6. The van der Waals surface area contributed by atoms with Gasteiger partial charge in [-0.05, 0) is 48.0 Å². The fourth-order valence-corrected chi connectivity index (χ4v) is 4.45. The summed E-state index contributed by atoms with van der Waals surface area (Å²) in [6.07, 6.45) is -5.79. The number of imide groups is 1. The Morgan fingerprint density at radius 3 is 2.26 bits per heavy atom. The van der Waals surface area contributed by atoms with Crippen LogP contribution in [0.25, 0.3) is 0 Å². The van der Waals surface area contributed by atoms with Crippen LogP contribution in [-0.4, -0.2) is 25.0 Å². The number of hydrogen-bond donors (Lipinski definition) is 0. The number of alkyl halides is 3. The lowest BCUT2D eigenvalue weighted by Gasteiger charge is -2.29. The molecule has 2 fully saturated rings. The Hall–Kier alpha value is -3.85. The van der Waals surface area contributed by atoms with Crippen LogP contribution in [0.5, 0.6) is 5.75 Å². The summed E-state index contributed by atoms with van der Waals surface area (Å²) >= 11 is 0. The summed E-state index contributed by atoms with van der Waals surface area (Å²) in [6, 6.07) is 19.5. The largest absolute Gasteiger partial charge is 0.497 e. The molecule has 3 aromatic carbocycles. The minimum Gasteiger partial charge on any atom is -0.497 e. The molecular formula is C25H19F3N2O4. The van der Waals surface area contributed by atoms with Gasteiger partial charge in [0.25, 0.3) is 5.91 Å². The van der Waals surface area contributed by atoms with Crippen LogP contribution in [0.2, 0.25) is 0 Å². The Morgan fingerprint density at radius 1 is 0.853 bits per heavy atom. The van der Waals surface area contributed by atoms with Gasteiger partial charge in [0, 0.05) is 0 Å². The van der Waals surface area contributed by atoms with E-state index in [4.69, 9.17) is 9.57 Å². The third kappa shape index (κ3) is 3.58. The molecule has 0 saturated carbocycles. The Bertz CT molecular complexity index is 1250. The molecule has 0 aromatic heterocycles. The molecule has 3 aromatic rings. The number of hydrogen-bond acceptors (Lipinski definition) is 5. The third-order valence-corrected chi connectivity index (χ3v) is 5.99. The topological polar surface area (TPSA) is 59.1 Å². The molecular weight excluding hydrogens is 449 g/mol. The maximum atomic E-state index is 13.6. The van der Waals surface area contributed by atoms with Gasteiger partial charge in [-0.15, -0.1) is 0 Å². The molecule has 2 aliphatic heterocycles. The number of anilines is 2. The number of nitrogens with zero attached hydrogens (tertiary/aromatic N) is 2. The van der Waals surface area contributed by atoms with Gasteiger partial charge in [-0.1, -0.05) is 36.4 Å². The molecule has 5 rings (SSSR count). The molecule has 2 aliphatic rings. The summed E-state index contributed by atoms with van der Waals surface area (Å²) in [6.45, 7) is 0. The molecule has 0 unspecified atom stereocenters. The van der Waals surface area contributed by atoms with Crippen molar-refractivity contribution in [2.24, 2.45) is 5.92 Å². The van der Waals surface area contributed by atoms with Gasteiger partial charge in [0.05, 0.1) is 30.1 Å². The smallest absolute Gasteiger partial charge is 0.416 e. The van der Waals surface area contributed by atoms with Crippen LogP contribution < -0.4 is 14.7 Å². The number of ether oxygens (including phenoxy) is 1. The Morgan fingerprint density at radius 2 is 1.56 bits per heavy atom. The van der Waals surface area contributed by atoms with Gasteiger partial charge in [0.15, 0.2) is 6.10 Å². The lowest BCUT2D eigenvalue weighted by atomic mass is 9.90. The minimum absolute atomic E-state index is 0.140. The molecule has 0 radical (unpaired) electrons. The van der Waals surface area contributed by atoms with Crippen molar-refractivity contribution in [3.8, 4) is 5.75 Å². The van der Waals surface area contributed by atoms with Crippen LogP contribution in [0, 0.1) is 5.92 Å². The first-order valence-corrected chi connectivity index (χ1v) is 10.5. The van der Waals surface area contributed by atoms with E-state index in [1.54, 1.807) is 48.5 Å². The highest BCUT2D eigenvalue weighted by Gasteiger charge is 2.60. The summed E-state index contributed by atoms with van der Waals surface area (Å²) < 4.78 is 45.0. The van der Waals surface area contributed by atoms with Crippen LogP contribution in [0.1, 0.15) is 17.2 Å². The van der Waals surface area contributed by atoms with Crippen molar-refractivity contribution in [2.75, 3.05) is 17.1 Å². The van der Waals surface area contributed by atoms with Crippen LogP contribution in [0.4, 0.5) is 24.5 Å². The van der Waals surface area contributed by atoms with Crippen LogP contribution >= 0.6 is 0 Å². The molecule has 0 N–H and O–H groups in total. The zero-order valence-electron chi connectivity index (χ0n) is 17.9. The molecule has 2 amide bonds. The first-order valence-electron chi connectivity index (χ1n) is 10.5. The van der Waals surface area contributed by atoms with Crippen molar-refractivity contribution in [1.82, 2.24) is 0 Å². The van der Waals surface area contributed by atoms with Crippen molar-refractivity contribution in [3.05, 3.63) is 90.0 Å². The average molecular weight is 468 g/mol. The second-order valence-corrected chi connectivity index (χ2v) is 7.99. The van der Waals surface area contributed by atoms with Crippen molar-refractivity contribution in [1.29, 1.82) is 0 Å². The van der Waals surface area contributed by atoms with E-state index in [1.807, 2.05) is 6.07 Å². The number of benzene rings is 3. The predicted octanol–water partition coefficient (Wildman–Crippen LogP) is 4.77. The fourth-order valence-electron chi connectivity index (χ4n) is 4.45. The van der Waals surface area contributed by atoms with E-state index in [-0.39, 0.29) is 5.69 Å². The van der Waals surface area contributed by atoms with Crippen LogP contribution in [0.15, 0.2) is 78.9 Å². The number of carbonyl (C=O) groups excluding carboxylic acids is 2. The van der Waals surface area contributed by atoms with E-state index in [9.17, 15) is 22.8 Å². The van der Waals surface area contributed by atoms with Crippen molar-refractivity contribution < 1.29 is 32.3 Å². The Labute approximate surface area is 193 Å². The number of hydroxylamine groups is 1. The number of halogens is 3. The van der Waals surface area contributed by atoms with Gasteiger partial charge in [0.1, 0.15) is 11.7 Å². The number of fused-ring (bicyclic) bond motifs is 1. The highest BCUT2D eigenvalue weighted by atomic mass is 19.4. The highest BCUT2D eigenvalue weighted by molar-refractivity contribution is 6.24. The molecule has 0 spiro atoms. The second kappa shape index (κ2) is 8.18. The number of amides is 2. The van der Waals surface area contributed by atoms with Crippen molar-refractivity contribution in [2.45, 2.75) is 18.3 Å². The van der Waals surface area contributed by atoms with E-state index >= 15 is 0 Å². The number of para-hydroxylation sites is 1. The van der Waals surface area contributed by atoms with Gasteiger partial charge in [-0.2, -0.15) is 13.2 Å². The van der Waals surface area contributed by atoms with Crippen molar-refractivity contribution in [3.63, 3.8) is 0 Å². The summed E-state index contributed by atoms with van der Waals surface area (Å²) in [4.78, 5) is 33.6. The van der Waals surface area contributed by atoms with E-state index < -0.39 is 41.6 Å². The standard InChI is InChI=1S/C25H19F3N2O4/c1-33-19-12-5-7-15(13-19)21-20-22(34-30(21)17-9-3-2-4-10-17)24(32)29(23(20)31)18-11-6-8-16(14-18)25(26,27)28/h2-14,20-22H,1H3/t20-,21-,22-/m0/s1. The van der Waals surface area contributed by atoms with Gasteiger partial charge in [-0.25, -0.2) is 9.96 Å². The summed E-state index contributed by atoms with van der Waals surface area (Å²) in [7, 11) is 1.52. The average Bonchev–Trinajstić information content (AvgIpc) is 3.35. The van der Waals surface area contributed by atoms with Crippen LogP contribution in [0.3, 0.4) is 0 Å². The normalized spacial score (nSPS) is 22.3. The van der Waals surface area contributed by atoms with E-state index in [0.717, 1.165) is 17.0 Å². The minimum atomic E-state index is -4.61. The van der Waals surface area contributed by atoms with Gasteiger partial charge in [0.2, 0.25) is 5.91 Å². The van der Waals surface area contributed by atoms with E-state index in [2.05, 4.69) is 0 Å². The van der Waals surface area contributed by atoms with Gasteiger partial charge in [-0.3, -0.25) is 14.4 Å². The zero-order valence-corrected chi connectivity index (χ0v) is 17.9. The molecule has 34 heavy (non-hydrogen) atoms. The summed E-state index contributed by atoms with van der Waals surface area (Å²) in [5.41, 5.74) is 0.219. The van der Waals surface area contributed by atoms with Gasteiger partial charge < -0.3 is 4.74 Å². The fraction of sp³-hybridized carbons (Fsp3) is 0.200. The second-order valence-electron chi connectivity index (χ2n) is 7.99. The molecule has 0 bridgehead atoms. The quantitative estimate of drug-likeness (QED) is 0.517. The number of carbonyl (C=O) groups is 2. The van der Waals surface area contributed by atoms with Gasteiger partial charge >= 0.3 is 6.18 Å². The monoisotopic (exact) mass is 468 g/mol. The van der Waals surface area contributed by atoms with Crippen LogP contribution in [-0.2, 0) is 20.6 Å². The maximum Gasteiger partial charge on any atom is 0.416 e.